The summed E-state index contributed by atoms with van der Waals surface area (Å²) >= 11 is 0. The average molecular weight is 427 g/mol. The second-order valence-corrected chi connectivity index (χ2v) is 8.09. The summed E-state index contributed by atoms with van der Waals surface area (Å²) in [7, 11) is 1.69. The van der Waals surface area contributed by atoms with Gasteiger partial charge in [0.25, 0.3) is 5.91 Å². The molecule has 0 spiro atoms. The first-order valence-electron chi connectivity index (χ1n) is 11.2. The number of hydrogen-bond acceptors (Lipinski definition) is 2. The van der Waals surface area contributed by atoms with Crippen LogP contribution in [0.3, 0.4) is 0 Å². The Bertz CT molecular complexity index is 1190. The lowest BCUT2D eigenvalue weighted by atomic mass is 10.0. The Morgan fingerprint density at radius 2 is 1.78 bits per heavy atom. The lowest BCUT2D eigenvalue weighted by Crippen LogP contribution is -2.32. The number of benzene rings is 3. The highest BCUT2D eigenvalue weighted by Crippen LogP contribution is 2.22. The molecule has 0 unspecified atom stereocenters. The van der Waals surface area contributed by atoms with Gasteiger partial charge < -0.3 is 14.2 Å². The van der Waals surface area contributed by atoms with Crippen molar-refractivity contribution in [3.8, 4) is 5.75 Å². The van der Waals surface area contributed by atoms with Gasteiger partial charge in [-0.15, -0.1) is 0 Å². The number of rotatable bonds is 9. The number of carbonyl (C=O) groups excluding carboxylic acids is 1. The predicted molar refractivity (Wildman–Crippen MR) is 130 cm³/mol. The van der Waals surface area contributed by atoms with Crippen LogP contribution in [0.2, 0.25) is 0 Å². The molecule has 0 N–H and O–H groups in total. The van der Waals surface area contributed by atoms with Crippen LogP contribution in [0, 0.1) is 0 Å². The summed E-state index contributed by atoms with van der Waals surface area (Å²) in [6, 6.07) is 26.3. The van der Waals surface area contributed by atoms with Crippen LogP contribution >= 0.6 is 0 Å². The van der Waals surface area contributed by atoms with E-state index in [1.807, 2.05) is 47.4 Å². The number of nitrogens with zero attached hydrogens (tertiary/aromatic N) is 2. The van der Waals surface area contributed by atoms with Gasteiger partial charge in [0.15, 0.2) is 0 Å². The van der Waals surface area contributed by atoms with E-state index in [2.05, 4.69) is 54.1 Å². The number of hydrogen-bond donors (Lipinski definition) is 0. The zero-order chi connectivity index (χ0) is 22.3. The molecule has 32 heavy (non-hydrogen) atoms. The fraction of sp³-hybridized carbons (Fsp3) is 0.250. The minimum atomic E-state index is 0.0874. The van der Waals surface area contributed by atoms with Crippen molar-refractivity contribution >= 4 is 16.7 Å². The topological polar surface area (TPSA) is 34.5 Å². The minimum absolute atomic E-state index is 0.0874. The van der Waals surface area contributed by atoms with Gasteiger partial charge in [0.1, 0.15) is 5.75 Å². The molecule has 0 aliphatic rings. The van der Waals surface area contributed by atoms with Gasteiger partial charge in [0.05, 0.1) is 13.7 Å². The van der Waals surface area contributed by atoms with Crippen molar-refractivity contribution in [2.24, 2.45) is 0 Å². The van der Waals surface area contributed by atoms with Gasteiger partial charge >= 0.3 is 0 Å². The van der Waals surface area contributed by atoms with Crippen molar-refractivity contribution < 1.29 is 9.53 Å². The quantitative estimate of drug-likeness (QED) is 0.322. The average Bonchev–Trinajstić information content (AvgIpc) is 3.27. The first kappa shape index (κ1) is 21.7. The first-order valence-corrected chi connectivity index (χ1v) is 11.2. The molecule has 4 rings (SSSR count). The van der Waals surface area contributed by atoms with E-state index in [4.69, 9.17) is 4.74 Å². The number of unbranched alkanes of at least 4 members (excludes halogenated alkanes) is 1. The van der Waals surface area contributed by atoms with Gasteiger partial charge in [-0.25, -0.2) is 0 Å². The van der Waals surface area contributed by atoms with Crippen molar-refractivity contribution in [1.82, 2.24) is 9.47 Å². The summed E-state index contributed by atoms with van der Waals surface area (Å²) in [6.45, 7) is 4.22. The molecule has 3 aromatic carbocycles. The molecule has 0 saturated carbocycles. The van der Waals surface area contributed by atoms with Crippen LogP contribution in [-0.2, 0) is 13.1 Å². The van der Waals surface area contributed by atoms with Crippen LogP contribution in [0.1, 0.15) is 41.4 Å². The SMILES string of the molecule is CCCCN(Cc1cccn1Cc1cccc(OC)c1)C(=O)c1cccc2ccccc12. The van der Waals surface area contributed by atoms with Gasteiger partial charge in [0.2, 0.25) is 0 Å². The van der Waals surface area contributed by atoms with Crippen molar-refractivity contribution in [2.45, 2.75) is 32.9 Å². The van der Waals surface area contributed by atoms with Crippen molar-refractivity contribution in [2.75, 3.05) is 13.7 Å². The molecular formula is C28H30N2O2. The van der Waals surface area contributed by atoms with E-state index in [9.17, 15) is 4.79 Å². The molecular weight excluding hydrogens is 396 g/mol. The normalized spacial score (nSPS) is 10.9. The maximum Gasteiger partial charge on any atom is 0.254 e. The van der Waals surface area contributed by atoms with Crippen LogP contribution in [-0.4, -0.2) is 29.0 Å². The van der Waals surface area contributed by atoms with Crippen molar-refractivity contribution in [3.05, 3.63) is 102 Å². The van der Waals surface area contributed by atoms with Gasteiger partial charge in [-0.1, -0.05) is 61.9 Å². The highest BCUT2D eigenvalue weighted by molar-refractivity contribution is 6.07. The summed E-state index contributed by atoms with van der Waals surface area (Å²) in [5.74, 6) is 0.941. The minimum Gasteiger partial charge on any atom is -0.497 e. The fourth-order valence-corrected chi connectivity index (χ4v) is 4.09. The number of fused-ring (bicyclic) bond motifs is 1. The van der Waals surface area contributed by atoms with Crippen LogP contribution in [0.15, 0.2) is 85.1 Å². The smallest absolute Gasteiger partial charge is 0.254 e. The number of amides is 1. The van der Waals surface area contributed by atoms with E-state index in [-0.39, 0.29) is 5.91 Å². The predicted octanol–water partition coefficient (Wildman–Crippen LogP) is 6.14. The number of methoxy groups -OCH3 is 1. The Labute approximate surface area is 190 Å². The summed E-state index contributed by atoms with van der Waals surface area (Å²) < 4.78 is 7.58. The standard InChI is InChI=1S/C28H30N2O2/c1-3-4-17-30(28(31)27-16-8-12-23-11-5-6-15-26(23)27)21-24-13-9-18-29(24)20-22-10-7-14-25(19-22)32-2/h5-16,18-19H,3-4,17,20-21H2,1-2H3. The van der Waals surface area contributed by atoms with Crippen LogP contribution in [0.25, 0.3) is 10.8 Å². The molecule has 4 aromatic rings. The Kier molecular flexibility index (Phi) is 6.90. The molecule has 0 radical (unpaired) electrons. The number of ether oxygens (including phenoxy) is 1. The molecule has 164 valence electrons. The Morgan fingerprint density at radius 1 is 0.969 bits per heavy atom. The lowest BCUT2D eigenvalue weighted by Gasteiger charge is -2.24. The molecule has 0 fully saturated rings. The summed E-state index contributed by atoms with van der Waals surface area (Å²) in [6.07, 6.45) is 4.10. The van der Waals surface area contributed by atoms with Crippen LogP contribution in [0.4, 0.5) is 0 Å². The van der Waals surface area contributed by atoms with E-state index >= 15 is 0 Å². The van der Waals surface area contributed by atoms with E-state index < -0.39 is 0 Å². The van der Waals surface area contributed by atoms with Crippen LogP contribution < -0.4 is 4.74 Å². The number of aromatic nitrogens is 1. The third kappa shape index (κ3) is 4.86. The van der Waals surface area contributed by atoms with Gasteiger partial charge in [-0.2, -0.15) is 0 Å². The summed E-state index contributed by atoms with van der Waals surface area (Å²) in [5.41, 5.74) is 3.06. The van der Waals surface area contributed by atoms with Crippen molar-refractivity contribution in [3.63, 3.8) is 0 Å². The Balaban J connectivity index is 1.60. The number of carbonyl (C=O) groups is 1. The molecule has 0 bridgehead atoms. The second-order valence-electron chi connectivity index (χ2n) is 8.09. The van der Waals surface area contributed by atoms with Gasteiger partial charge in [-0.05, 0) is 53.1 Å². The van der Waals surface area contributed by atoms with E-state index in [0.29, 0.717) is 6.54 Å². The third-order valence-electron chi connectivity index (χ3n) is 5.85. The fourth-order valence-electron chi connectivity index (χ4n) is 4.09. The maximum atomic E-state index is 13.6. The molecule has 1 aromatic heterocycles. The zero-order valence-electron chi connectivity index (χ0n) is 18.8. The molecule has 0 aliphatic heterocycles. The lowest BCUT2D eigenvalue weighted by molar-refractivity contribution is 0.0739. The van der Waals surface area contributed by atoms with Gasteiger partial charge in [-0.3, -0.25) is 4.79 Å². The summed E-state index contributed by atoms with van der Waals surface area (Å²) in [5, 5.41) is 2.10. The molecule has 4 nitrogen and oxygen atoms in total. The molecule has 0 atom stereocenters. The Hall–Kier alpha value is -3.53. The Morgan fingerprint density at radius 3 is 2.62 bits per heavy atom. The van der Waals surface area contributed by atoms with Gasteiger partial charge in [0, 0.05) is 30.5 Å². The van der Waals surface area contributed by atoms with Crippen molar-refractivity contribution in [1.29, 1.82) is 0 Å². The highest BCUT2D eigenvalue weighted by atomic mass is 16.5. The molecule has 1 heterocycles. The monoisotopic (exact) mass is 426 g/mol. The second kappa shape index (κ2) is 10.2. The maximum absolute atomic E-state index is 13.6. The highest BCUT2D eigenvalue weighted by Gasteiger charge is 2.19. The van der Waals surface area contributed by atoms with Crippen LogP contribution in [0.5, 0.6) is 5.75 Å². The van der Waals surface area contributed by atoms with E-state index in [1.165, 1.54) is 5.56 Å². The largest absolute Gasteiger partial charge is 0.497 e. The molecule has 4 heteroatoms. The molecule has 1 amide bonds. The van der Waals surface area contributed by atoms with E-state index in [1.54, 1.807) is 7.11 Å². The zero-order valence-corrected chi connectivity index (χ0v) is 18.8. The third-order valence-corrected chi connectivity index (χ3v) is 5.85. The molecule has 0 saturated heterocycles. The molecule has 0 aliphatic carbocycles. The summed E-state index contributed by atoms with van der Waals surface area (Å²) in [4.78, 5) is 15.6. The van der Waals surface area contributed by atoms with E-state index in [0.717, 1.165) is 53.7 Å². The first-order chi connectivity index (χ1) is 15.7.